The van der Waals surface area contributed by atoms with E-state index in [-0.39, 0.29) is 23.7 Å². The van der Waals surface area contributed by atoms with Gasteiger partial charge in [-0.1, -0.05) is 6.07 Å². The van der Waals surface area contributed by atoms with Gasteiger partial charge in [0.15, 0.2) is 0 Å². The Morgan fingerprint density at radius 1 is 1.22 bits per heavy atom. The number of aromatic nitrogens is 3. The maximum Gasteiger partial charge on any atom is 0.228 e. The zero-order chi connectivity index (χ0) is 18.4. The van der Waals surface area contributed by atoms with Crippen molar-refractivity contribution in [3.63, 3.8) is 0 Å². The zero-order valence-corrected chi connectivity index (χ0v) is 14.8. The van der Waals surface area contributed by atoms with Crippen LogP contribution in [0.1, 0.15) is 42.6 Å². The van der Waals surface area contributed by atoms with Gasteiger partial charge < -0.3 is 15.8 Å². The predicted octanol–water partition coefficient (Wildman–Crippen LogP) is 1.50. The quantitative estimate of drug-likeness (QED) is 0.643. The third-order valence-electron chi connectivity index (χ3n) is 5.75. The molecule has 0 radical (unpaired) electrons. The lowest BCUT2D eigenvalue weighted by atomic mass is 9.79. The third-order valence-corrected chi connectivity index (χ3v) is 5.75. The summed E-state index contributed by atoms with van der Waals surface area (Å²) < 4.78 is 19.8. The molecule has 2 fully saturated rings. The highest BCUT2D eigenvalue weighted by Gasteiger charge is 2.36. The predicted molar refractivity (Wildman–Crippen MR) is 97.5 cm³/mol. The number of rotatable bonds is 3. The summed E-state index contributed by atoms with van der Waals surface area (Å²) in [6.07, 6.45) is 3.11. The average Bonchev–Trinajstić information content (AvgIpc) is 3.28. The molecule has 142 valence electrons. The fourth-order valence-electron chi connectivity index (χ4n) is 4.37. The molecule has 9 heteroatoms. The molecule has 2 aromatic rings. The molecule has 27 heavy (non-hydrogen) atoms. The number of anilines is 2. The van der Waals surface area contributed by atoms with Crippen LogP contribution >= 0.6 is 0 Å². The van der Waals surface area contributed by atoms with Crippen LogP contribution < -0.4 is 26.6 Å². The molecular formula is C18H22FN7O. The molecule has 3 heterocycles. The molecule has 1 saturated carbocycles. The Bertz CT molecular complexity index is 864. The van der Waals surface area contributed by atoms with Crippen LogP contribution in [0.4, 0.5) is 16.3 Å². The van der Waals surface area contributed by atoms with E-state index in [1.807, 2.05) is 0 Å². The van der Waals surface area contributed by atoms with Crippen molar-refractivity contribution in [2.75, 3.05) is 24.2 Å². The Morgan fingerprint density at radius 3 is 3.07 bits per heavy atom. The second kappa shape index (κ2) is 6.58. The maximum atomic E-state index is 14.2. The molecule has 1 aliphatic carbocycles. The topological polar surface area (TPSA) is 110 Å². The molecule has 0 amide bonds. The van der Waals surface area contributed by atoms with Crippen molar-refractivity contribution in [1.29, 1.82) is 0 Å². The number of nitrogens with zero attached hydrogens (tertiary/aromatic N) is 3. The molecule has 5 rings (SSSR count). The lowest BCUT2D eigenvalue weighted by Crippen LogP contribution is -2.36. The van der Waals surface area contributed by atoms with Gasteiger partial charge >= 0.3 is 0 Å². The number of ether oxygens (including phenoxy) is 1. The first kappa shape index (κ1) is 16.6. The standard InChI is InChI=1S/C18H22FN7O/c19-11-2-1-3-14-15(11)13(8-27-14)22-18-24-16(23-17(20)25-18)9-4-5-10-7-21-26-12(10)6-9/h1-3,9-10,12-13,21,26H,4-8H2,(H3,20,22,23,24,25). The lowest BCUT2D eigenvalue weighted by molar-refractivity contribution is 0.296. The van der Waals surface area contributed by atoms with E-state index in [1.54, 1.807) is 12.1 Å². The molecule has 5 N–H and O–H groups in total. The summed E-state index contributed by atoms with van der Waals surface area (Å²) in [5, 5.41) is 3.17. The molecule has 2 aliphatic heterocycles. The first-order valence-electron chi connectivity index (χ1n) is 9.35. The van der Waals surface area contributed by atoms with Crippen molar-refractivity contribution in [2.24, 2.45) is 5.92 Å². The van der Waals surface area contributed by atoms with Gasteiger partial charge in [0.2, 0.25) is 11.9 Å². The molecule has 4 unspecified atom stereocenters. The van der Waals surface area contributed by atoms with Gasteiger partial charge in [-0.3, -0.25) is 10.9 Å². The number of hydrogen-bond donors (Lipinski definition) is 4. The van der Waals surface area contributed by atoms with E-state index in [0.29, 0.717) is 41.7 Å². The number of halogens is 1. The first-order valence-corrected chi connectivity index (χ1v) is 9.35. The van der Waals surface area contributed by atoms with Gasteiger partial charge in [0, 0.05) is 18.5 Å². The van der Waals surface area contributed by atoms with Crippen molar-refractivity contribution in [1.82, 2.24) is 25.8 Å². The monoisotopic (exact) mass is 371 g/mol. The van der Waals surface area contributed by atoms with E-state index in [0.717, 1.165) is 25.8 Å². The summed E-state index contributed by atoms with van der Waals surface area (Å²) in [6, 6.07) is 4.90. The molecule has 4 atom stereocenters. The van der Waals surface area contributed by atoms with Gasteiger partial charge in [0.1, 0.15) is 24.0 Å². The summed E-state index contributed by atoms with van der Waals surface area (Å²) in [6.45, 7) is 1.33. The minimum Gasteiger partial charge on any atom is -0.491 e. The van der Waals surface area contributed by atoms with Crippen LogP contribution in [0.5, 0.6) is 5.75 Å². The zero-order valence-electron chi connectivity index (χ0n) is 14.8. The lowest BCUT2D eigenvalue weighted by Gasteiger charge is -2.30. The van der Waals surface area contributed by atoms with E-state index in [9.17, 15) is 4.39 Å². The number of hydrogen-bond acceptors (Lipinski definition) is 8. The maximum absolute atomic E-state index is 14.2. The second-order valence-corrected chi connectivity index (χ2v) is 7.44. The number of hydrazine groups is 1. The number of nitrogens with one attached hydrogen (secondary N) is 3. The number of benzene rings is 1. The molecule has 1 aromatic carbocycles. The highest BCUT2D eigenvalue weighted by Crippen LogP contribution is 2.38. The summed E-state index contributed by atoms with van der Waals surface area (Å²) in [5.74, 6) is 2.37. The minimum absolute atomic E-state index is 0.176. The smallest absolute Gasteiger partial charge is 0.228 e. The van der Waals surface area contributed by atoms with Gasteiger partial charge in [-0.05, 0) is 37.3 Å². The Labute approximate surface area is 156 Å². The molecule has 8 nitrogen and oxygen atoms in total. The van der Waals surface area contributed by atoms with E-state index in [4.69, 9.17) is 10.5 Å². The van der Waals surface area contributed by atoms with E-state index < -0.39 is 0 Å². The van der Waals surface area contributed by atoms with Crippen LogP contribution in [-0.4, -0.2) is 34.1 Å². The fraction of sp³-hybridized carbons (Fsp3) is 0.500. The van der Waals surface area contributed by atoms with Gasteiger partial charge in [-0.2, -0.15) is 15.0 Å². The van der Waals surface area contributed by atoms with Crippen LogP contribution in [0, 0.1) is 11.7 Å². The highest BCUT2D eigenvalue weighted by molar-refractivity contribution is 5.45. The van der Waals surface area contributed by atoms with E-state index in [2.05, 4.69) is 31.1 Å². The van der Waals surface area contributed by atoms with Crippen molar-refractivity contribution >= 4 is 11.9 Å². The fourth-order valence-corrected chi connectivity index (χ4v) is 4.37. The molecule has 3 aliphatic rings. The average molecular weight is 371 g/mol. The van der Waals surface area contributed by atoms with Gasteiger partial charge in [0.25, 0.3) is 0 Å². The van der Waals surface area contributed by atoms with Crippen LogP contribution in [0.15, 0.2) is 18.2 Å². The van der Waals surface area contributed by atoms with Crippen molar-refractivity contribution in [3.05, 3.63) is 35.4 Å². The normalized spacial score (nSPS) is 29.1. The highest BCUT2D eigenvalue weighted by atomic mass is 19.1. The van der Waals surface area contributed by atoms with Crippen LogP contribution in [-0.2, 0) is 0 Å². The minimum atomic E-state index is -0.354. The van der Waals surface area contributed by atoms with Crippen LogP contribution in [0.2, 0.25) is 0 Å². The Morgan fingerprint density at radius 2 is 2.15 bits per heavy atom. The summed E-state index contributed by atoms with van der Waals surface area (Å²) in [5.41, 5.74) is 13.0. The van der Waals surface area contributed by atoms with Crippen molar-refractivity contribution < 1.29 is 9.13 Å². The third kappa shape index (κ3) is 3.06. The van der Waals surface area contributed by atoms with Gasteiger partial charge in [0.05, 0.1) is 11.6 Å². The summed E-state index contributed by atoms with van der Waals surface area (Å²) in [4.78, 5) is 13.2. The molecular weight excluding hydrogens is 349 g/mol. The number of fused-ring (bicyclic) bond motifs is 2. The number of nitrogen functional groups attached to an aromatic ring is 1. The summed E-state index contributed by atoms with van der Waals surface area (Å²) >= 11 is 0. The first-order chi connectivity index (χ1) is 13.2. The molecule has 0 spiro atoms. The van der Waals surface area contributed by atoms with Crippen LogP contribution in [0.3, 0.4) is 0 Å². The largest absolute Gasteiger partial charge is 0.491 e. The molecule has 1 saturated heterocycles. The van der Waals surface area contributed by atoms with Crippen molar-refractivity contribution in [2.45, 2.75) is 37.3 Å². The van der Waals surface area contributed by atoms with E-state index in [1.165, 1.54) is 6.07 Å². The van der Waals surface area contributed by atoms with Crippen LogP contribution in [0.25, 0.3) is 0 Å². The molecule has 1 aromatic heterocycles. The number of nitrogens with two attached hydrogens (primary N) is 1. The Balaban J connectivity index is 1.37. The Kier molecular flexibility index (Phi) is 4.05. The second-order valence-electron chi connectivity index (χ2n) is 7.44. The Hall–Kier alpha value is -2.52. The van der Waals surface area contributed by atoms with Gasteiger partial charge in [-0.25, -0.2) is 4.39 Å². The van der Waals surface area contributed by atoms with E-state index >= 15 is 0 Å². The van der Waals surface area contributed by atoms with Gasteiger partial charge in [-0.15, -0.1) is 0 Å². The van der Waals surface area contributed by atoms with Crippen molar-refractivity contribution in [3.8, 4) is 5.75 Å². The molecule has 0 bridgehead atoms. The summed E-state index contributed by atoms with van der Waals surface area (Å²) in [7, 11) is 0. The SMILES string of the molecule is Nc1nc(NC2COc3cccc(F)c32)nc(C2CCC3CNNC3C2)n1.